The fraction of sp³-hybridized carbons (Fsp3) is 0.385. The number of carbonyl (C=O) groups is 2. The molecule has 4 nitrogen and oxygen atoms in total. The standard InChI is InChI=1S/C13H14ClFN2O2/c1-2-4-11-12(18)17(13(19)16-11)7-8-9(14)5-3-6-10(8)15/h3,5-6,11H,2,4,7H2,1H3,(H,16,19). The summed E-state index contributed by atoms with van der Waals surface area (Å²) >= 11 is 5.89. The fourth-order valence-electron chi connectivity index (χ4n) is 2.05. The molecule has 1 atom stereocenters. The number of nitrogens with zero attached hydrogens (tertiary/aromatic N) is 1. The van der Waals surface area contributed by atoms with Gasteiger partial charge in [-0.2, -0.15) is 0 Å². The maximum absolute atomic E-state index is 13.6. The first-order chi connectivity index (χ1) is 9.04. The molecule has 102 valence electrons. The van der Waals surface area contributed by atoms with Gasteiger partial charge in [0.2, 0.25) is 0 Å². The maximum Gasteiger partial charge on any atom is 0.325 e. The van der Waals surface area contributed by atoms with Gasteiger partial charge in [-0.3, -0.25) is 9.69 Å². The highest BCUT2D eigenvalue weighted by Crippen LogP contribution is 2.23. The van der Waals surface area contributed by atoms with Crippen molar-refractivity contribution in [3.63, 3.8) is 0 Å². The van der Waals surface area contributed by atoms with Crippen molar-refractivity contribution in [2.45, 2.75) is 32.4 Å². The number of urea groups is 1. The number of halogens is 2. The lowest BCUT2D eigenvalue weighted by Crippen LogP contribution is -2.31. The Bertz CT molecular complexity index is 501. The Balaban J connectivity index is 2.19. The number of hydrogen-bond donors (Lipinski definition) is 1. The Hall–Kier alpha value is -1.62. The lowest BCUT2D eigenvalue weighted by Gasteiger charge is -2.14. The minimum Gasteiger partial charge on any atom is -0.326 e. The molecular weight excluding hydrogens is 271 g/mol. The highest BCUT2D eigenvalue weighted by molar-refractivity contribution is 6.31. The molecule has 1 aliphatic rings. The first-order valence-corrected chi connectivity index (χ1v) is 6.47. The smallest absolute Gasteiger partial charge is 0.325 e. The predicted octanol–water partition coefficient (Wildman–Crippen LogP) is 2.70. The monoisotopic (exact) mass is 284 g/mol. The van der Waals surface area contributed by atoms with Gasteiger partial charge in [-0.15, -0.1) is 0 Å². The molecule has 6 heteroatoms. The molecule has 3 amide bonds. The largest absolute Gasteiger partial charge is 0.326 e. The second-order valence-electron chi connectivity index (χ2n) is 4.42. The molecule has 2 rings (SSSR count). The summed E-state index contributed by atoms with van der Waals surface area (Å²) in [4.78, 5) is 24.7. The van der Waals surface area contributed by atoms with E-state index in [2.05, 4.69) is 5.32 Å². The zero-order valence-electron chi connectivity index (χ0n) is 10.5. The average Bonchev–Trinajstić information content (AvgIpc) is 2.61. The van der Waals surface area contributed by atoms with E-state index in [-0.39, 0.29) is 23.0 Å². The van der Waals surface area contributed by atoms with E-state index < -0.39 is 17.9 Å². The third-order valence-electron chi connectivity index (χ3n) is 3.06. The Morgan fingerprint density at radius 2 is 2.16 bits per heavy atom. The van der Waals surface area contributed by atoms with Crippen molar-refractivity contribution in [2.75, 3.05) is 0 Å². The summed E-state index contributed by atoms with van der Waals surface area (Å²) in [6, 6.07) is 3.25. The van der Waals surface area contributed by atoms with E-state index in [1.165, 1.54) is 18.2 Å². The van der Waals surface area contributed by atoms with Crippen LogP contribution in [-0.2, 0) is 11.3 Å². The zero-order chi connectivity index (χ0) is 14.0. The first-order valence-electron chi connectivity index (χ1n) is 6.09. The minimum absolute atomic E-state index is 0.142. The molecule has 19 heavy (non-hydrogen) atoms. The quantitative estimate of drug-likeness (QED) is 0.864. The van der Waals surface area contributed by atoms with Crippen LogP contribution in [0.15, 0.2) is 18.2 Å². The van der Waals surface area contributed by atoms with Gasteiger partial charge < -0.3 is 5.32 Å². The van der Waals surface area contributed by atoms with Crippen LogP contribution in [0.3, 0.4) is 0 Å². The van der Waals surface area contributed by atoms with Crippen molar-refractivity contribution in [1.82, 2.24) is 10.2 Å². The summed E-state index contributed by atoms with van der Waals surface area (Å²) < 4.78 is 13.6. The molecule has 1 unspecified atom stereocenters. The third-order valence-corrected chi connectivity index (χ3v) is 3.42. The van der Waals surface area contributed by atoms with Crippen molar-refractivity contribution in [1.29, 1.82) is 0 Å². The summed E-state index contributed by atoms with van der Waals surface area (Å²) in [5, 5.41) is 2.79. The predicted molar refractivity (Wildman–Crippen MR) is 69.2 cm³/mol. The number of nitrogens with one attached hydrogen (secondary N) is 1. The summed E-state index contributed by atoms with van der Waals surface area (Å²) in [6.07, 6.45) is 1.36. The molecule has 1 aliphatic heterocycles. The first kappa shape index (κ1) is 13.8. The van der Waals surface area contributed by atoms with Gasteiger partial charge in [-0.1, -0.05) is 31.0 Å². The second-order valence-corrected chi connectivity index (χ2v) is 4.82. The molecule has 1 aromatic rings. The van der Waals surface area contributed by atoms with Gasteiger partial charge in [-0.25, -0.2) is 9.18 Å². The van der Waals surface area contributed by atoms with Gasteiger partial charge >= 0.3 is 6.03 Å². The number of rotatable bonds is 4. The number of carbonyl (C=O) groups excluding carboxylic acids is 2. The van der Waals surface area contributed by atoms with Crippen LogP contribution in [0.4, 0.5) is 9.18 Å². The molecule has 0 spiro atoms. The van der Waals surface area contributed by atoms with Gasteiger partial charge in [0.15, 0.2) is 0 Å². The van der Waals surface area contributed by atoms with Gasteiger partial charge in [0.25, 0.3) is 5.91 Å². The van der Waals surface area contributed by atoms with E-state index in [0.29, 0.717) is 6.42 Å². The Morgan fingerprint density at radius 1 is 1.42 bits per heavy atom. The minimum atomic E-state index is -0.521. The molecule has 1 aromatic carbocycles. The third kappa shape index (κ3) is 2.71. The van der Waals surface area contributed by atoms with Gasteiger partial charge in [0.05, 0.1) is 6.54 Å². The summed E-state index contributed by atoms with van der Waals surface area (Å²) in [5.41, 5.74) is 0.157. The topological polar surface area (TPSA) is 49.4 Å². The van der Waals surface area contributed by atoms with Crippen LogP contribution < -0.4 is 5.32 Å². The molecule has 0 bridgehead atoms. The van der Waals surface area contributed by atoms with Crippen LogP contribution in [0, 0.1) is 5.82 Å². The molecular formula is C13H14ClFN2O2. The Kier molecular flexibility index (Phi) is 4.04. The molecule has 0 radical (unpaired) electrons. The molecule has 0 aliphatic carbocycles. The number of hydrogen-bond acceptors (Lipinski definition) is 2. The molecule has 1 saturated heterocycles. The molecule has 0 aromatic heterocycles. The van der Waals surface area contributed by atoms with Gasteiger partial charge in [0.1, 0.15) is 11.9 Å². The number of amides is 3. The zero-order valence-corrected chi connectivity index (χ0v) is 11.2. The van der Waals surface area contributed by atoms with Crippen molar-refractivity contribution >= 4 is 23.5 Å². The van der Waals surface area contributed by atoms with Crippen molar-refractivity contribution in [3.05, 3.63) is 34.6 Å². The SMILES string of the molecule is CCCC1NC(=O)N(Cc2c(F)cccc2Cl)C1=O. The average molecular weight is 285 g/mol. The highest BCUT2D eigenvalue weighted by Gasteiger charge is 2.37. The summed E-state index contributed by atoms with van der Waals surface area (Å²) in [6.45, 7) is 1.78. The van der Waals surface area contributed by atoms with Crippen LogP contribution in [-0.4, -0.2) is 22.9 Å². The normalized spacial score (nSPS) is 18.9. The lowest BCUT2D eigenvalue weighted by atomic mass is 10.1. The van der Waals surface area contributed by atoms with Crippen LogP contribution in [0.1, 0.15) is 25.3 Å². The lowest BCUT2D eigenvalue weighted by molar-refractivity contribution is -0.128. The van der Waals surface area contributed by atoms with E-state index in [0.717, 1.165) is 11.3 Å². The van der Waals surface area contributed by atoms with Crippen LogP contribution in [0.25, 0.3) is 0 Å². The van der Waals surface area contributed by atoms with Crippen LogP contribution in [0.2, 0.25) is 5.02 Å². The van der Waals surface area contributed by atoms with Crippen molar-refractivity contribution in [3.8, 4) is 0 Å². The second kappa shape index (κ2) is 5.57. The summed E-state index contributed by atoms with van der Waals surface area (Å²) in [5.74, 6) is -0.849. The van der Waals surface area contributed by atoms with E-state index in [1.54, 1.807) is 0 Å². The van der Waals surface area contributed by atoms with Crippen LogP contribution >= 0.6 is 11.6 Å². The van der Waals surface area contributed by atoms with E-state index in [9.17, 15) is 14.0 Å². The van der Waals surface area contributed by atoms with Crippen molar-refractivity contribution < 1.29 is 14.0 Å². The molecule has 0 saturated carbocycles. The van der Waals surface area contributed by atoms with Gasteiger partial charge in [-0.05, 0) is 18.6 Å². The Labute approximate surface area is 115 Å². The molecule has 1 heterocycles. The highest BCUT2D eigenvalue weighted by atomic mass is 35.5. The number of benzene rings is 1. The fourth-order valence-corrected chi connectivity index (χ4v) is 2.28. The molecule has 1 N–H and O–H groups in total. The summed E-state index contributed by atoms with van der Waals surface area (Å²) in [7, 11) is 0. The van der Waals surface area contributed by atoms with Crippen molar-refractivity contribution in [2.24, 2.45) is 0 Å². The Morgan fingerprint density at radius 3 is 2.79 bits per heavy atom. The number of imide groups is 1. The van der Waals surface area contributed by atoms with Crippen LogP contribution in [0.5, 0.6) is 0 Å². The van der Waals surface area contributed by atoms with E-state index in [4.69, 9.17) is 11.6 Å². The maximum atomic E-state index is 13.6. The van der Waals surface area contributed by atoms with E-state index in [1.807, 2.05) is 6.92 Å². The van der Waals surface area contributed by atoms with Gasteiger partial charge in [0, 0.05) is 10.6 Å². The molecule has 1 fully saturated rings. The van der Waals surface area contributed by atoms with E-state index >= 15 is 0 Å².